The summed E-state index contributed by atoms with van der Waals surface area (Å²) < 4.78 is 7.72. The van der Waals surface area contributed by atoms with Gasteiger partial charge >= 0.3 is 5.97 Å². The summed E-state index contributed by atoms with van der Waals surface area (Å²) in [6.45, 7) is 2.73. The van der Waals surface area contributed by atoms with Gasteiger partial charge in [-0.1, -0.05) is 34.1 Å². The minimum absolute atomic E-state index is 0.312. The van der Waals surface area contributed by atoms with Crippen molar-refractivity contribution < 1.29 is 9.53 Å². The molecule has 0 radical (unpaired) electrons. The molecule has 0 N–H and O–H groups in total. The van der Waals surface area contributed by atoms with Crippen LogP contribution >= 0.6 is 15.9 Å². The van der Waals surface area contributed by atoms with Crippen LogP contribution in [-0.4, -0.2) is 17.6 Å². The molecular weight excluding hydrogens is 294 g/mol. The van der Waals surface area contributed by atoms with Gasteiger partial charge < -0.3 is 9.30 Å². The number of nitrogens with zero attached hydrogens (tertiary/aromatic N) is 1. The first-order valence-corrected chi connectivity index (χ1v) is 6.50. The van der Waals surface area contributed by atoms with Crippen molar-refractivity contribution in [1.82, 2.24) is 4.57 Å². The van der Waals surface area contributed by atoms with Crippen molar-refractivity contribution in [2.24, 2.45) is 0 Å². The fourth-order valence-electron chi connectivity index (χ4n) is 1.96. The highest BCUT2D eigenvalue weighted by molar-refractivity contribution is 9.10. The van der Waals surface area contributed by atoms with Gasteiger partial charge in [0.25, 0.3) is 0 Å². The fraction of sp³-hybridized carbons (Fsp3) is 0.214. The molecule has 94 valence electrons. The number of methoxy groups -OCH3 is 1. The molecule has 0 bridgehead atoms. The molecule has 2 rings (SSSR count). The van der Waals surface area contributed by atoms with Crippen LogP contribution in [0.4, 0.5) is 0 Å². The molecule has 1 aromatic heterocycles. The van der Waals surface area contributed by atoms with Gasteiger partial charge in [0.1, 0.15) is 5.69 Å². The zero-order chi connectivity index (χ0) is 13.1. The summed E-state index contributed by atoms with van der Waals surface area (Å²) in [5.41, 5.74) is 2.47. The van der Waals surface area contributed by atoms with Crippen LogP contribution in [0, 0.1) is 0 Å². The van der Waals surface area contributed by atoms with Gasteiger partial charge in [-0.3, -0.25) is 0 Å². The van der Waals surface area contributed by atoms with E-state index in [1.54, 1.807) is 0 Å². The summed E-state index contributed by atoms with van der Waals surface area (Å²) in [4.78, 5) is 11.9. The Hall–Kier alpha value is -1.55. The number of carbonyl (C=O) groups excluding carboxylic acids is 1. The normalized spacial score (nSPS) is 10.4. The lowest BCUT2D eigenvalue weighted by atomic mass is 10.1. The van der Waals surface area contributed by atoms with Crippen molar-refractivity contribution in [3.8, 4) is 11.1 Å². The molecule has 0 unspecified atom stereocenters. The maximum atomic E-state index is 11.9. The lowest BCUT2D eigenvalue weighted by Crippen LogP contribution is -2.10. The highest BCUT2D eigenvalue weighted by atomic mass is 79.9. The predicted molar refractivity (Wildman–Crippen MR) is 74.6 cm³/mol. The van der Waals surface area contributed by atoms with E-state index in [-0.39, 0.29) is 5.97 Å². The lowest BCUT2D eigenvalue weighted by Gasteiger charge is -2.09. The Morgan fingerprint density at radius 2 is 2.00 bits per heavy atom. The second-order valence-corrected chi connectivity index (χ2v) is 4.69. The van der Waals surface area contributed by atoms with E-state index in [2.05, 4.69) is 15.9 Å². The maximum absolute atomic E-state index is 11.9. The van der Waals surface area contributed by atoms with Crippen LogP contribution in [0.25, 0.3) is 11.1 Å². The van der Waals surface area contributed by atoms with E-state index >= 15 is 0 Å². The zero-order valence-corrected chi connectivity index (χ0v) is 11.9. The Kier molecular flexibility index (Phi) is 3.87. The average Bonchev–Trinajstić information content (AvgIpc) is 2.82. The molecule has 1 heterocycles. The maximum Gasteiger partial charge on any atom is 0.355 e. The topological polar surface area (TPSA) is 31.2 Å². The average molecular weight is 308 g/mol. The third kappa shape index (κ3) is 2.20. The van der Waals surface area contributed by atoms with Crippen molar-refractivity contribution in [3.05, 3.63) is 46.7 Å². The van der Waals surface area contributed by atoms with Gasteiger partial charge in [-0.25, -0.2) is 4.79 Å². The Labute approximate surface area is 115 Å². The van der Waals surface area contributed by atoms with Gasteiger partial charge in [-0.2, -0.15) is 0 Å². The van der Waals surface area contributed by atoms with Crippen LogP contribution < -0.4 is 0 Å². The number of rotatable bonds is 3. The van der Waals surface area contributed by atoms with Crippen molar-refractivity contribution in [2.75, 3.05) is 7.11 Å². The van der Waals surface area contributed by atoms with Gasteiger partial charge in [-0.05, 0) is 24.6 Å². The highest BCUT2D eigenvalue weighted by Crippen LogP contribution is 2.31. The molecule has 0 aliphatic carbocycles. The molecule has 0 spiro atoms. The van der Waals surface area contributed by atoms with Gasteiger partial charge in [0.15, 0.2) is 0 Å². The molecule has 0 aliphatic heterocycles. The second-order valence-electron chi connectivity index (χ2n) is 3.84. The van der Waals surface area contributed by atoms with Crippen molar-refractivity contribution in [3.63, 3.8) is 0 Å². The first-order valence-electron chi connectivity index (χ1n) is 5.71. The number of benzene rings is 1. The summed E-state index contributed by atoms with van der Waals surface area (Å²) in [5, 5.41) is 0. The van der Waals surface area contributed by atoms with E-state index < -0.39 is 0 Å². The Morgan fingerprint density at radius 3 is 2.61 bits per heavy atom. The Balaban J connectivity index is 2.62. The molecule has 0 saturated carbocycles. The number of esters is 1. The van der Waals surface area contributed by atoms with Crippen LogP contribution in [0.15, 0.2) is 41.0 Å². The monoisotopic (exact) mass is 307 g/mol. The quantitative estimate of drug-likeness (QED) is 0.809. The van der Waals surface area contributed by atoms with Crippen molar-refractivity contribution in [1.29, 1.82) is 0 Å². The number of aryl methyl sites for hydroxylation is 1. The first kappa shape index (κ1) is 12.9. The third-order valence-corrected chi connectivity index (χ3v) is 3.54. The first-order chi connectivity index (χ1) is 8.69. The van der Waals surface area contributed by atoms with Crippen molar-refractivity contribution in [2.45, 2.75) is 13.5 Å². The third-order valence-electron chi connectivity index (χ3n) is 2.85. The molecule has 18 heavy (non-hydrogen) atoms. The number of hydrogen-bond donors (Lipinski definition) is 0. The second kappa shape index (κ2) is 5.40. The minimum atomic E-state index is -0.312. The van der Waals surface area contributed by atoms with E-state index in [1.165, 1.54) is 7.11 Å². The molecule has 0 atom stereocenters. The molecule has 0 aliphatic rings. The summed E-state index contributed by atoms with van der Waals surface area (Å²) in [5.74, 6) is -0.312. The number of aromatic nitrogens is 1. The van der Waals surface area contributed by atoms with Crippen LogP contribution in [-0.2, 0) is 11.3 Å². The number of halogens is 1. The Bertz CT molecular complexity index is 575. The van der Waals surface area contributed by atoms with Gasteiger partial charge in [0.05, 0.1) is 7.11 Å². The molecule has 3 nitrogen and oxygen atoms in total. The van der Waals surface area contributed by atoms with Gasteiger partial charge in [0, 0.05) is 22.8 Å². The summed E-state index contributed by atoms with van der Waals surface area (Å²) in [6.07, 6.45) is 1.90. The molecule has 4 heteroatoms. The largest absolute Gasteiger partial charge is 0.464 e. The minimum Gasteiger partial charge on any atom is -0.464 e. The molecule has 0 fully saturated rings. The fourth-order valence-corrected chi connectivity index (χ4v) is 2.46. The molecular formula is C14H14BrNO2. The number of carbonyl (C=O) groups is 1. The van der Waals surface area contributed by atoms with E-state index in [1.807, 2.05) is 48.0 Å². The van der Waals surface area contributed by atoms with Crippen LogP contribution in [0.5, 0.6) is 0 Å². The van der Waals surface area contributed by atoms with E-state index in [4.69, 9.17) is 4.74 Å². The highest BCUT2D eigenvalue weighted by Gasteiger charge is 2.19. The molecule has 0 saturated heterocycles. The zero-order valence-electron chi connectivity index (χ0n) is 10.3. The van der Waals surface area contributed by atoms with E-state index in [0.29, 0.717) is 5.69 Å². The summed E-state index contributed by atoms with van der Waals surface area (Å²) >= 11 is 3.51. The molecule has 0 amide bonds. The van der Waals surface area contributed by atoms with Crippen LogP contribution in [0.3, 0.4) is 0 Å². The number of ether oxygens (including phenoxy) is 1. The SMILES string of the molecule is CCn1ccc(-c2ccccc2Br)c1C(=O)OC. The van der Waals surface area contributed by atoms with Gasteiger partial charge in [-0.15, -0.1) is 0 Å². The van der Waals surface area contributed by atoms with E-state index in [0.717, 1.165) is 22.1 Å². The predicted octanol–water partition coefficient (Wildman–Crippen LogP) is 3.72. The molecule has 1 aromatic carbocycles. The lowest BCUT2D eigenvalue weighted by molar-refractivity contribution is 0.0589. The van der Waals surface area contributed by atoms with Gasteiger partial charge in [0.2, 0.25) is 0 Å². The van der Waals surface area contributed by atoms with Crippen LogP contribution in [0.1, 0.15) is 17.4 Å². The number of hydrogen-bond acceptors (Lipinski definition) is 2. The molecule has 2 aromatic rings. The smallest absolute Gasteiger partial charge is 0.355 e. The summed E-state index contributed by atoms with van der Waals surface area (Å²) in [6, 6.07) is 9.77. The van der Waals surface area contributed by atoms with E-state index in [9.17, 15) is 4.79 Å². The van der Waals surface area contributed by atoms with Crippen LogP contribution in [0.2, 0.25) is 0 Å². The standard InChI is InChI=1S/C14H14BrNO2/c1-3-16-9-8-11(13(16)14(17)18-2)10-6-4-5-7-12(10)15/h4-9H,3H2,1-2H3. The Morgan fingerprint density at radius 1 is 1.28 bits per heavy atom. The van der Waals surface area contributed by atoms with Crippen molar-refractivity contribution >= 4 is 21.9 Å². The summed E-state index contributed by atoms with van der Waals surface area (Å²) in [7, 11) is 1.40.